The molecular weight excluding hydrogens is 260 g/mol. The summed E-state index contributed by atoms with van der Waals surface area (Å²) in [6.07, 6.45) is 1.88. The van der Waals surface area contributed by atoms with E-state index in [0.29, 0.717) is 6.54 Å². The molecule has 1 unspecified atom stereocenters. The van der Waals surface area contributed by atoms with Gasteiger partial charge in [-0.3, -0.25) is 0 Å². The van der Waals surface area contributed by atoms with Gasteiger partial charge in [0.15, 0.2) is 0 Å². The highest BCUT2D eigenvalue weighted by Crippen LogP contribution is 2.30. The molecule has 0 aliphatic carbocycles. The summed E-state index contributed by atoms with van der Waals surface area (Å²) < 4.78 is 0. The van der Waals surface area contributed by atoms with Crippen LogP contribution in [0.25, 0.3) is 0 Å². The molecule has 4 heteroatoms. The van der Waals surface area contributed by atoms with Crippen LogP contribution in [0, 0.1) is 0 Å². The van der Waals surface area contributed by atoms with E-state index in [1.54, 1.807) is 0 Å². The zero-order chi connectivity index (χ0) is 13.9. The van der Waals surface area contributed by atoms with Crippen molar-refractivity contribution in [1.29, 1.82) is 0 Å². The first-order valence-corrected chi connectivity index (χ1v) is 7.36. The van der Waals surface area contributed by atoms with Crippen molar-refractivity contribution < 1.29 is 5.11 Å². The highest BCUT2D eigenvalue weighted by molar-refractivity contribution is 6.30. The van der Waals surface area contributed by atoms with E-state index in [2.05, 4.69) is 23.2 Å². The molecule has 1 aliphatic heterocycles. The van der Waals surface area contributed by atoms with E-state index in [9.17, 15) is 5.11 Å². The molecule has 106 valence electrons. The van der Waals surface area contributed by atoms with Gasteiger partial charge in [-0.05, 0) is 44.0 Å². The summed E-state index contributed by atoms with van der Waals surface area (Å²) in [6.45, 7) is 7.44. The van der Waals surface area contributed by atoms with Gasteiger partial charge in [0.25, 0.3) is 0 Å². The van der Waals surface area contributed by atoms with Crippen LogP contribution >= 0.6 is 11.6 Å². The SMILES string of the molecule is CCNCc1ccc(Cl)cc1N1CCCC(C)(O)C1. The normalized spacial score (nSPS) is 23.7. The second kappa shape index (κ2) is 6.12. The number of hydrogen-bond donors (Lipinski definition) is 2. The minimum atomic E-state index is -0.601. The monoisotopic (exact) mass is 282 g/mol. The van der Waals surface area contributed by atoms with Crippen molar-refractivity contribution in [3.8, 4) is 0 Å². The molecule has 1 fully saturated rings. The number of aliphatic hydroxyl groups is 1. The standard InChI is InChI=1S/C15H23ClN2O/c1-3-17-10-12-5-6-13(16)9-14(12)18-8-4-7-15(2,19)11-18/h5-6,9,17,19H,3-4,7-8,10-11H2,1-2H3. The molecule has 3 nitrogen and oxygen atoms in total. The van der Waals surface area contributed by atoms with Crippen molar-refractivity contribution in [1.82, 2.24) is 5.32 Å². The van der Waals surface area contributed by atoms with E-state index in [1.165, 1.54) is 5.56 Å². The summed E-state index contributed by atoms with van der Waals surface area (Å²) in [5, 5.41) is 14.4. The fourth-order valence-corrected chi connectivity index (χ4v) is 2.83. The molecule has 0 aromatic heterocycles. The summed E-state index contributed by atoms with van der Waals surface area (Å²) in [6, 6.07) is 6.01. The number of halogens is 1. The van der Waals surface area contributed by atoms with Crippen LogP contribution in [-0.4, -0.2) is 30.3 Å². The Balaban J connectivity index is 2.23. The number of benzene rings is 1. The molecule has 1 aliphatic rings. The Labute approximate surface area is 120 Å². The molecule has 1 aromatic rings. The Bertz CT molecular complexity index is 434. The number of rotatable bonds is 4. The van der Waals surface area contributed by atoms with Gasteiger partial charge in [-0.15, -0.1) is 0 Å². The fraction of sp³-hybridized carbons (Fsp3) is 0.600. The molecule has 1 heterocycles. The van der Waals surface area contributed by atoms with E-state index in [0.717, 1.165) is 43.2 Å². The van der Waals surface area contributed by atoms with Crippen LogP contribution in [0.5, 0.6) is 0 Å². The van der Waals surface area contributed by atoms with E-state index >= 15 is 0 Å². The number of hydrogen-bond acceptors (Lipinski definition) is 3. The summed E-state index contributed by atoms with van der Waals surface area (Å²) in [7, 11) is 0. The molecule has 19 heavy (non-hydrogen) atoms. The highest BCUT2D eigenvalue weighted by atomic mass is 35.5. The average molecular weight is 283 g/mol. The average Bonchev–Trinajstić information content (AvgIpc) is 2.36. The molecule has 0 saturated carbocycles. The smallest absolute Gasteiger partial charge is 0.0794 e. The molecule has 0 radical (unpaired) electrons. The lowest BCUT2D eigenvalue weighted by Gasteiger charge is -2.39. The van der Waals surface area contributed by atoms with Gasteiger partial charge in [0.1, 0.15) is 0 Å². The van der Waals surface area contributed by atoms with Crippen LogP contribution in [0.15, 0.2) is 18.2 Å². The predicted molar refractivity (Wildman–Crippen MR) is 80.9 cm³/mol. The lowest BCUT2D eigenvalue weighted by Crippen LogP contribution is -2.46. The molecule has 0 spiro atoms. The van der Waals surface area contributed by atoms with Crippen LogP contribution in [-0.2, 0) is 6.54 Å². The third-order valence-corrected chi connectivity index (χ3v) is 3.86. The van der Waals surface area contributed by atoms with E-state index in [4.69, 9.17) is 11.6 Å². The third-order valence-electron chi connectivity index (χ3n) is 3.63. The zero-order valence-electron chi connectivity index (χ0n) is 11.7. The highest BCUT2D eigenvalue weighted by Gasteiger charge is 2.29. The van der Waals surface area contributed by atoms with Crippen LogP contribution in [0.2, 0.25) is 5.02 Å². The lowest BCUT2D eigenvalue weighted by molar-refractivity contribution is 0.0449. The zero-order valence-corrected chi connectivity index (χ0v) is 12.5. The number of anilines is 1. The lowest BCUT2D eigenvalue weighted by atomic mass is 9.94. The fourth-order valence-electron chi connectivity index (χ4n) is 2.67. The van der Waals surface area contributed by atoms with E-state index in [-0.39, 0.29) is 0 Å². The molecule has 1 atom stereocenters. The van der Waals surface area contributed by atoms with Gasteiger partial charge < -0.3 is 15.3 Å². The van der Waals surface area contributed by atoms with Gasteiger partial charge in [0, 0.05) is 30.3 Å². The van der Waals surface area contributed by atoms with Crippen LogP contribution in [0.1, 0.15) is 32.3 Å². The van der Waals surface area contributed by atoms with Gasteiger partial charge in [-0.1, -0.05) is 24.6 Å². The minimum absolute atomic E-state index is 0.601. The number of β-amino-alcohol motifs (C(OH)–C–C–N with tert-alkyl or cyclic N) is 1. The third kappa shape index (κ3) is 3.85. The summed E-state index contributed by atoms with van der Waals surface area (Å²) in [5.41, 5.74) is 1.79. The quantitative estimate of drug-likeness (QED) is 0.891. The predicted octanol–water partition coefficient (Wildman–Crippen LogP) is 2.80. The van der Waals surface area contributed by atoms with Crippen LogP contribution < -0.4 is 10.2 Å². The second-order valence-corrected chi connectivity index (χ2v) is 6.01. The molecule has 0 bridgehead atoms. The topological polar surface area (TPSA) is 35.5 Å². The minimum Gasteiger partial charge on any atom is -0.388 e. The van der Waals surface area contributed by atoms with Crippen molar-refractivity contribution in [2.45, 2.75) is 38.8 Å². The van der Waals surface area contributed by atoms with Gasteiger partial charge in [-0.25, -0.2) is 0 Å². The number of nitrogens with one attached hydrogen (secondary N) is 1. The Morgan fingerprint density at radius 3 is 2.95 bits per heavy atom. The Morgan fingerprint density at radius 1 is 1.47 bits per heavy atom. The van der Waals surface area contributed by atoms with Crippen molar-refractivity contribution in [2.24, 2.45) is 0 Å². The first-order valence-electron chi connectivity index (χ1n) is 6.98. The summed E-state index contributed by atoms with van der Waals surface area (Å²) in [5.74, 6) is 0. The molecule has 1 aromatic carbocycles. The molecule has 1 saturated heterocycles. The molecule has 2 N–H and O–H groups in total. The van der Waals surface area contributed by atoms with Crippen molar-refractivity contribution in [2.75, 3.05) is 24.5 Å². The largest absolute Gasteiger partial charge is 0.388 e. The van der Waals surface area contributed by atoms with E-state index in [1.807, 2.05) is 19.1 Å². The van der Waals surface area contributed by atoms with Crippen LogP contribution in [0.3, 0.4) is 0 Å². The van der Waals surface area contributed by atoms with Gasteiger partial charge in [0.2, 0.25) is 0 Å². The Morgan fingerprint density at radius 2 is 2.26 bits per heavy atom. The van der Waals surface area contributed by atoms with Gasteiger partial charge in [-0.2, -0.15) is 0 Å². The second-order valence-electron chi connectivity index (χ2n) is 5.58. The van der Waals surface area contributed by atoms with Crippen molar-refractivity contribution in [3.05, 3.63) is 28.8 Å². The van der Waals surface area contributed by atoms with Gasteiger partial charge in [0.05, 0.1) is 5.60 Å². The summed E-state index contributed by atoms with van der Waals surface area (Å²) >= 11 is 6.13. The molecule has 2 rings (SSSR count). The maximum absolute atomic E-state index is 10.3. The molecule has 0 amide bonds. The molecular formula is C15H23ClN2O. The van der Waals surface area contributed by atoms with Crippen LogP contribution in [0.4, 0.5) is 5.69 Å². The maximum atomic E-state index is 10.3. The van der Waals surface area contributed by atoms with Crippen molar-refractivity contribution >= 4 is 17.3 Å². The first kappa shape index (κ1) is 14.6. The van der Waals surface area contributed by atoms with E-state index < -0.39 is 5.60 Å². The number of nitrogens with zero attached hydrogens (tertiary/aromatic N) is 1. The Hall–Kier alpha value is -0.770. The maximum Gasteiger partial charge on any atom is 0.0794 e. The van der Waals surface area contributed by atoms with Gasteiger partial charge >= 0.3 is 0 Å². The van der Waals surface area contributed by atoms with Crippen molar-refractivity contribution in [3.63, 3.8) is 0 Å². The summed E-state index contributed by atoms with van der Waals surface area (Å²) in [4.78, 5) is 2.25. The Kier molecular flexibility index (Phi) is 4.71. The number of piperidine rings is 1. The first-order chi connectivity index (χ1) is 9.02.